The van der Waals surface area contributed by atoms with Gasteiger partial charge in [0.05, 0.1) is 7.11 Å². The van der Waals surface area contributed by atoms with Gasteiger partial charge < -0.3 is 4.74 Å². The topological polar surface area (TPSA) is 9.23 Å². The van der Waals surface area contributed by atoms with Crippen LogP contribution >= 0.6 is 0 Å². The zero-order chi connectivity index (χ0) is 14.8. The molecule has 0 amide bonds. The van der Waals surface area contributed by atoms with E-state index >= 15 is 0 Å². The first-order valence-electron chi connectivity index (χ1n) is 7.36. The average Bonchev–Trinajstić information content (AvgIpc) is 2.87. The molecule has 1 nitrogen and oxygen atoms in total. The fourth-order valence-corrected chi connectivity index (χ4v) is 2.68. The first-order chi connectivity index (χ1) is 10.2. The number of methoxy groups -OCH3 is 1. The zero-order valence-corrected chi connectivity index (χ0v) is 12.8. The Kier molecular flexibility index (Phi) is 3.66. The lowest BCUT2D eigenvalue weighted by Gasteiger charge is -2.06. The maximum Gasteiger partial charge on any atom is 0.118 e. The Morgan fingerprint density at radius 2 is 1.48 bits per heavy atom. The van der Waals surface area contributed by atoms with Crippen molar-refractivity contribution in [3.63, 3.8) is 0 Å². The molecule has 1 aromatic carbocycles. The fourth-order valence-electron chi connectivity index (χ4n) is 2.68. The second-order valence-corrected chi connectivity index (χ2v) is 5.67. The second kappa shape index (κ2) is 5.61. The fraction of sp³-hybridized carbons (Fsp3) is 0.200. The standard InChI is InChI=1S/C20H20O/c1-14(2)16-9-12-20(19-6-4-5-17(19)13-16)15-7-10-18(21-3)11-8-15/h4-14H,1-3H3. The molecule has 0 N–H and O–H groups in total. The second-order valence-electron chi connectivity index (χ2n) is 5.67. The monoisotopic (exact) mass is 276 g/mol. The maximum absolute atomic E-state index is 5.25. The van der Waals surface area contributed by atoms with E-state index < -0.39 is 0 Å². The molecule has 1 aromatic rings. The van der Waals surface area contributed by atoms with Crippen LogP contribution in [0.4, 0.5) is 0 Å². The molecule has 0 bridgehead atoms. The molecular formula is C20H20O. The van der Waals surface area contributed by atoms with Crippen LogP contribution in [0.5, 0.6) is 5.75 Å². The van der Waals surface area contributed by atoms with Crippen molar-refractivity contribution in [2.75, 3.05) is 7.11 Å². The molecular weight excluding hydrogens is 256 g/mol. The smallest absolute Gasteiger partial charge is 0.118 e. The van der Waals surface area contributed by atoms with Crippen molar-refractivity contribution in [3.8, 4) is 28.0 Å². The maximum atomic E-state index is 5.25. The Labute approximate surface area is 126 Å². The summed E-state index contributed by atoms with van der Waals surface area (Å²) < 4.78 is 5.25. The van der Waals surface area contributed by atoms with E-state index in [9.17, 15) is 0 Å². The third kappa shape index (κ3) is 2.64. The molecule has 1 heteroatoms. The van der Waals surface area contributed by atoms with Gasteiger partial charge in [-0.1, -0.05) is 62.4 Å². The van der Waals surface area contributed by atoms with Crippen LogP contribution in [0.15, 0.2) is 60.7 Å². The van der Waals surface area contributed by atoms with Crippen LogP contribution in [0, 0.1) is 0 Å². The van der Waals surface area contributed by atoms with Gasteiger partial charge in [0.25, 0.3) is 0 Å². The van der Waals surface area contributed by atoms with Crippen LogP contribution in [0.25, 0.3) is 22.3 Å². The number of fused-ring (bicyclic) bond motifs is 1. The highest BCUT2D eigenvalue weighted by atomic mass is 16.5. The highest BCUT2D eigenvalue weighted by Crippen LogP contribution is 2.35. The number of rotatable bonds is 3. The Morgan fingerprint density at radius 3 is 2.14 bits per heavy atom. The third-order valence-corrected chi connectivity index (χ3v) is 3.97. The van der Waals surface area contributed by atoms with Crippen molar-refractivity contribution in [2.45, 2.75) is 19.8 Å². The minimum atomic E-state index is 0.527. The van der Waals surface area contributed by atoms with E-state index in [4.69, 9.17) is 4.74 Å². The van der Waals surface area contributed by atoms with Crippen molar-refractivity contribution >= 4 is 0 Å². The molecule has 2 aliphatic carbocycles. The summed E-state index contributed by atoms with van der Waals surface area (Å²) in [6, 6.07) is 21.6. The van der Waals surface area contributed by atoms with E-state index in [1.165, 1.54) is 27.8 Å². The highest BCUT2D eigenvalue weighted by Gasteiger charge is 2.10. The van der Waals surface area contributed by atoms with Crippen molar-refractivity contribution in [2.24, 2.45) is 0 Å². The van der Waals surface area contributed by atoms with Gasteiger partial charge in [-0.25, -0.2) is 0 Å². The predicted octanol–water partition coefficient (Wildman–Crippen LogP) is 5.59. The molecule has 21 heavy (non-hydrogen) atoms. The van der Waals surface area contributed by atoms with Gasteiger partial charge in [0, 0.05) is 0 Å². The molecule has 0 aromatic heterocycles. The van der Waals surface area contributed by atoms with Crippen LogP contribution in [0.1, 0.15) is 25.3 Å². The van der Waals surface area contributed by atoms with Crippen molar-refractivity contribution < 1.29 is 4.74 Å². The van der Waals surface area contributed by atoms with Crippen LogP contribution in [-0.2, 0) is 0 Å². The van der Waals surface area contributed by atoms with Crippen LogP contribution in [0.3, 0.4) is 0 Å². The van der Waals surface area contributed by atoms with Crippen LogP contribution in [0.2, 0.25) is 0 Å². The lowest BCUT2D eigenvalue weighted by molar-refractivity contribution is 0.415. The summed E-state index contributed by atoms with van der Waals surface area (Å²) in [6.45, 7) is 4.47. The molecule has 0 aliphatic heterocycles. The van der Waals surface area contributed by atoms with Crippen LogP contribution in [-0.4, -0.2) is 7.11 Å². The molecule has 0 unspecified atom stereocenters. The Balaban J connectivity index is 2.16. The number of hydrogen-bond acceptors (Lipinski definition) is 1. The van der Waals surface area contributed by atoms with E-state index in [1.54, 1.807) is 7.11 Å². The van der Waals surface area contributed by atoms with Gasteiger partial charge in [0.2, 0.25) is 0 Å². The number of hydrogen-bond donors (Lipinski definition) is 0. The summed E-state index contributed by atoms with van der Waals surface area (Å²) in [7, 11) is 1.70. The molecule has 2 aliphatic rings. The third-order valence-electron chi connectivity index (χ3n) is 3.97. The summed E-state index contributed by atoms with van der Waals surface area (Å²) in [5.41, 5.74) is 6.45. The lowest BCUT2D eigenvalue weighted by Crippen LogP contribution is -1.83. The minimum Gasteiger partial charge on any atom is -0.497 e. The van der Waals surface area contributed by atoms with E-state index in [0.29, 0.717) is 5.92 Å². The molecule has 0 saturated heterocycles. The van der Waals surface area contributed by atoms with Gasteiger partial charge in [-0.05, 0) is 45.9 Å². The first-order valence-corrected chi connectivity index (χ1v) is 7.36. The molecule has 106 valence electrons. The summed E-state index contributed by atoms with van der Waals surface area (Å²) in [4.78, 5) is 0. The van der Waals surface area contributed by atoms with Gasteiger partial charge in [0.15, 0.2) is 0 Å². The van der Waals surface area contributed by atoms with E-state index in [0.717, 1.165) is 5.75 Å². The first kappa shape index (κ1) is 13.7. The Bertz CT molecular complexity index is 710. The summed E-state index contributed by atoms with van der Waals surface area (Å²) >= 11 is 0. The van der Waals surface area contributed by atoms with Crippen molar-refractivity contribution in [1.29, 1.82) is 0 Å². The molecule has 3 rings (SSSR count). The van der Waals surface area contributed by atoms with Crippen molar-refractivity contribution in [3.05, 3.63) is 66.2 Å². The summed E-state index contributed by atoms with van der Waals surface area (Å²) in [5.74, 6) is 1.42. The van der Waals surface area contributed by atoms with E-state index in [1.807, 2.05) is 12.1 Å². The predicted molar refractivity (Wildman–Crippen MR) is 89.1 cm³/mol. The highest BCUT2D eigenvalue weighted by molar-refractivity contribution is 5.85. The Hall–Kier alpha value is -2.28. The Morgan fingerprint density at radius 1 is 0.762 bits per heavy atom. The van der Waals surface area contributed by atoms with Crippen LogP contribution < -0.4 is 4.74 Å². The number of benzene rings is 1. The van der Waals surface area contributed by atoms with Gasteiger partial charge >= 0.3 is 0 Å². The molecule has 0 saturated carbocycles. The molecule has 0 spiro atoms. The van der Waals surface area contributed by atoms with Gasteiger partial charge in [-0.15, -0.1) is 0 Å². The van der Waals surface area contributed by atoms with Gasteiger partial charge in [-0.3, -0.25) is 0 Å². The quantitative estimate of drug-likeness (QED) is 0.606. The SMILES string of the molecule is COc1ccc(-c2ccc(C(C)C)cc3cccc2-3)cc1. The molecule has 0 radical (unpaired) electrons. The summed E-state index contributed by atoms with van der Waals surface area (Å²) in [6.07, 6.45) is 0. The molecule has 0 fully saturated rings. The molecule has 0 heterocycles. The van der Waals surface area contributed by atoms with Gasteiger partial charge in [-0.2, -0.15) is 0 Å². The zero-order valence-electron chi connectivity index (χ0n) is 12.8. The minimum absolute atomic E-state index is 0.527. The summed E-state index contributed by atoms with van der Waals surface area (Å²) in [5, 5.41) is 0. The largest absolute Gasteiger partial charge is 0.497 e. The number of ether oxygens (including phenoxy) is 1. The average molecular weight is 276 g/mol. The molecule has 0 atom stereocenters. The van der Waals surface area contributed by atoms with Gasteiger partial charge in [0.1, 0.15) is 5.75 Å². The van der Waals surface area contributed by atoms with E-state index in [2.05, 4.69) is 62.4 Å². The van der Waals surface area contributed by atoms with E-state index in [-0.39, 0.29) is 0 Å². The normalized spacial score (nSPS) is 11.0. The van der Waals surface area contributed by atoms with Crippen molar-refractivity contribution in [1.82, 2.24) is 0 Å². The lowest BCUT2D eigenvalue weighted by atomic mass is 10.00.